The first-order chi connectivity index (χ1) is 15.9. The zero-order valence-corrected chi connectivity index (χ0v) is 23.7. The van der Waals surface area contributed by atoms with Gasteiger partial charge in [-0.25, -0.2) is 4.79 Å². The van der Waals surface area contributed by atoms with Crippen LogP contribution >= 0.6 is 0 Å². The maximum absolute atomic E-state index is 12.4. The molecule has 0 rings (SSSR count). The normalized spacial score (nSPS) is 11.1. The number of unbranched alkanes of at least 4 members (excludes halogenated alkanes) is 10. The van der Waals surface area contributed by atoms with Gasteiger partial charge in [0.1, 0.15) is 5.60 Å². The summed E-state index contributed by atoms with van der Waals surface area (Å²) in [4.78, 5) is 26.7. The lowest BCUT2D eigenvalue weighted by atomic mass is 10.1. The summed E-state index contributed by atoms with van der Waals surface area (Å²) in [5.74, 6) is -0.401. The molecule has 202 valence electrons. The molecule has 34 heavy (non-hydrogen) atoms. The van der Waals surface area contributed by atoms with Crippen molar-refractivity contribution in [2.24, 2.45) is 5.73 Å². The average molecular weight is 484 g/mol. The highest BCUT2D eigenvalue weighted by Crippen LogP contribution is 2.13. The van der Waals surface area contributed by atoms with E-state index in [1.165, 1.54) is 64.2 Å². The quantitative estimate of drug-likeness (QED) is 0.169. The third-order valence-corrected chi connectivity index (χ3v) is 5.42. The van der Waals surface area contributed by atoms with Crippen LogP contribution in [0, 0.1) is 0 Å². The van der Waals surface area contributed by atoms with Crippen LogP contribution in [0.3, 0.4) is 0 Å². The first kappa shape index (κ1) is 34.6. The van der Waals surface area contributed by atoms with Gasteiger partial charge in [0, 0.05) is 25.2 Å². The topological polar surface area (TPSA) is 75.9 Å². The molecule has 2 N–H and O–H groups in total. The minimum atomic E-state index is -0.405. The number of rotatable bonds is 18. The number of hydrogen-bond acceptors (Lipinski definition) is 4. The van der Waals surface area contributed by atoms with Crippen LogP contribution in [-0.4, -0.2) is 61.1 Å². The first-order valence-corrected chi connectivity index (χ1v) is 13.5. The van der Waals surface area contributed by atoms with Gasteiger partial charge in [-0.2, -0.15) is 0 Å². The SMILES string of the molecule is C=C(CCN(C)C)C(N)=O.CCCCCCCCN(CCCCCCCC)C(=O)OC(C)(C)C. The molecule has 0 atom stereocenters. The van der Waals surface area contributed by atoms with E-state index in [1.54, 1.807) is 0 Å². The molecule has 6 nitrogen and oxygen atoms in total. The average Bonchev–Trinajstić information content (AvgIpc) is 2.74. The van der Waals surface area contributed by atoms with E-state index in [0.717, 1.165) is 32.5 Å². The Morgan fingerprint density at radius 3 is 1.53 bits per heavy atom. The van der Waals surface area contributed by atoms with E-state index in [4.69, 9.17) is 10.5 Å². The lowest BCUT2D eigenvalue weighted by Crippen LogP contribution is -2.38. The molecule has 0 aliphatic rings. The highest BCUT2D eigenvalue weighted by molar-refractivity contribution is 5.91. The van der Waals surface area contributed by atoms with Crippen LogP contribution in [0.1, 0.15) is 118 Å². The van der Waals surface area contributed by atoms with Crippen LogP contribution in [0.2, 0.25) is 0 Å². The van der Waals surface area contributed by atoms with Gasteiger partial charge in [0.25, 0.3) is 0 Å². The van der Waals surface area contributed by atoms with Gasteiger partial charge < -0.3 is 20.3 Å². The van der Waals surface area contributed by atoms with E-state index in [1.807, 2.05) is 44.7 Å². The standard InChI is InChI=1S/C21H43NO2.C7H14N2O/c1-6-8-10-12-14-16-18-22(20(23)24-21(3,4)5)19-17-15-13-11-9-7-2;1-6(7(8)10)4-5-9(2)3/h6-19H2,1-5H3;1,4-5H2,2-3H3,(H2,8,10). The van der Waals surface area contributed by atoms with Gasteiger partial charge in [-0.1, -0.05) is 84.6 Å². The van der Waals surface area contributed by atoms with Crippen molar-refractivity contribution in [3.8, 4) is 0 Å². The van der Waals surface area contributed by atoms with Gasteiger partial charge in [0.15, 0.2) is 0 Å². The Kier molecular flexibility index (Phi) is 22.3. The number of amides is 2. The zero-order valence-electron chi connectivity index (χ0n) is 23.7. The maximum Gasteiger partial charge on any atom is 0.410 e. The van der Waals surface area contributed by atoms with Gasteiger partial charge in [-0.15, -0.1) is 0 Å². The zero-order chi connectivity index (χ0) is 26.4. The van der Waals surface area contributed by atoms with Gasteiger partial charge >= 0.3 is 6.09 Å². The molecule has 0 radical (unpaired) electrons. The Hall–Kier alpha value is -1.56. The summed E-state index contributed by atoms with van der Waals surface area (Å²) in [5.41, 5.74) is 5.05. The summed E-state index contributed by atoms with van der Waals surface area (Å²) in [6.45, 7) is 16.3. The van der Waals surface area contributed by atoms with E-state index in [-0.39, 0.29) is 6.09 Å². The predicted molar refractivity (Wildman–Crippen MR) is 146 cm³/mol. The molecule has 0 unspecified atom stereocenters. The van der Waals surface area contributed by atoms with Gasteiger partial charge in [-0.05, 0) is 54.1 Å². The molecule has 0 aliphatic heterocycles. The molecule has 6 heteroatoms. The minimum Gasteiger partial charge on any atom is -0.444 e. The Morgan fingerprint density at radius 1 is 0.765 bits per heavy atom. The molecule has 0 aromatic rings. The van der Waals surface area contributed by atoms with Crippen molar-refractivity contribution in [2.45, 2.75) is 124 Å². The van der Waals surface area contributed by atoms with Crippen LogP contribution < -0.4 is 5.73 Å². The van der Waals surface area contributed by atoms with Gasteiger partial charge in [-0.3, -0.25) is 4.79 Å². The highest BCUT2D eigenvalue weighted by atomic mass is 16.6. The summed E-state index contributed by atoms with van der Waals surface area (Å²) in [7, 11) is 3.88. The van der Waals surface area contributed by atoms with Crippen LogP contribution in [0.15, 0.2) is 12.2 Å². The van der Waals surface area contributed by atoms with Crippen LogP contribution in [0.5, 0.6) is 0 Å². The molecule has 0 heterocycles. The monoisotopic (exact) mass is 483 g/mol. The van der Waals surface area contributed by atoms with Crippen molar-refractivity contribution in [1.29, 1.82) is 0 Å². The molecular formula is C28H57N3O3. The molecule has 2 amide bonds. The Balaban J connectivity index is 0. The Labute approximate surface area is 211 Å². The summed E-state index contributed by atoms with van der Waals surface area (Å²) < 4.78 is 5.58. The molecular weight excluding hydrogens is 426 g/mol. The molecule has 0 fully saturated rings. The van der Waals surface area contributed by atoms with E-state index < -0.39 is 11.5 Å². The van der Waals surface area contributed by atoms with Gasteiger partial charge in [0.05, 0.1) is 0 Å². The summed E-state index contributed by atoms with van der Waals surface area (Å²) in [6, 6.07) is 0. The summed E-state index contributed by atoms with van der Waals surface area (Å²) in [5, 5.41) is 0. The smallest absolute Gasteiger partial charge is 0.410 e. The fourth-order valence-electron chi connectivity index (χ4n) is 3.27. The van der Waals surface area contributed by atoms with E-state index in [0.29, 0.717) is 12.0 Å². The number of ether oxygens (including phenoxy) is 1. The summed E-state index contributed by atoms with van der Waals surface area (Å²) >= 11 is 0. The number of nitrogens with two attached hydrogens (primary N) is 1. The minimum absolute atomic E-state index is 0.135. The van der Waals surface area contributed by atoms with E-state index in [9.17, 15) is 9.59 Å². The van der Waals surface area contributed by atoms with Crippen LogP contribution in [0.25, 0.3) is 0 Å². The Morgan fingerprint density at radius 2 is 1.18 bits per heavy atom. The second-order valence-corrected chi connectivity index (χ2v) is 10.5. The van der Waals surface area contributed by atoms with Gasteiger partial charge in [0.2, 0.25) is 5.91 Å². The molecule has 0 spiro atoms. The summed E-state index contributed by atoms with van der Waals surface area (Å²) in [6.07, 6.45) is 15.6. The lowest BCUT2D eigenvalue weighted by molar-refractivity contribution is -0.114. The number of hydrogen-bond donors (Lipinski definition) is 1. The van der Waals surface area contributed by atoms with Crippen LogP contribution in [0.4, 0.5) is 4.79 Å². The molecule has 0 aromatic heterocycles. The fraction of sp³-hybridized carbons (Fsp3) is 0.857. The largest absolute Gasteiger partial charge is 0.444 e. The van der Waals surface area contributed by atoms with Crippen molar-refractivity contribution in [3.63, 3.8) is 0 Å². The van der Waals surface area contributed by atoms with E-state index in [2.05, 4.69) is 20.4 Å². The second kappa shape index (κ2) is 21.9. The molecule has 0 saturated carbocycles. The third-order valence-electron chi connectivity index (χ3n) is 5.42. The number of primary amides is 1. The number of carbonyl (C=O) groups is 2. The van der Waals surface area contributed by atoms with Crippen molar-refractivity contribution in [3.05, 3.63) is 12.2 Å². The van der Waals surface area contributed by atoms with Crippen molar-refractivity contribution in [1.82, 2.24) is 9.80 Å². The van der Waals surface area contributed by atoms with E-state index >= 15 is 0 Å². The van der Waals surface area contributed by atoms with Crippen LogP contribution in [-0.2, 0) is 9.53 Å². The van der Waals surface area contributed by atoms with Crippen molar-refractivity contribution < 1.29 is 14.3 Å². The molecule has 0 saturated heterocycles. The first-order valence-electron chi connectivity index (χ1n) is 13.5. The number of nitrogens with zero attached hydrogens (tertiary/aromatic N) is 2. The fourth-order valence-corrected chi connectivity index (χ4v) is 3.27. The highest BCUT2D eigenvalue weighted by Gasteiger charge is 2.21. The molecule has 0 aromatic carbocycles. The Bertz CT molecular complexity index is 511. The molecule has 0 bridgehead atoms. The van der Waals surface area contributed by atoms with Crippen molar-refractivity contribution in [2.75, 3.05) is 33.7 Å². The number of carbonyl (C=O) groups excluding carboxylic acids is 2. The lowest BCUT2D eigenvalue weighted by Gasteiger charge is -2.27. The molecule has 0 aliphatic carbocycles. The second-order valence-electron chi connectivity index (χ2n) is 10.5. The maximum atomic E-state index is 12.4. The third kappa shape index (κ3) is 25.1. The predicted octanol–water partition coefficient (Wildman–Crippen LogP) is 6.92. The van der Waals surface area contributed by atoms with Crippen molar-refractivity contribution >= 4 is 12.0 Å².